The summed E-state index contributed by atoms with van der Waals surface area (Å²) in [6.07, 6.45) is 0. The molecular weight excluding hydrogens is 452 g/mol. The van der Waals surface area contributed by atoms with Gasteiger partial charge in [-0.3, -0.25) is 18.7 Å². The van der Waals surface area contributed by atoms with Gasteiger partial charge in [-0.1, -0.05) is 29.8 Å². The van der Waals surface area contributed by atoms with Crippen molar-refractivity contribution in [3.63, 3.8) is 0 Å². The van der Waals surface area contributed by atoms with Gasteiger partial charge in [0.2, 0.25) is 0 Å². The van der Waals surface area contributed by atoms with Crippen LogP contribution in [0, 0.1) is 0 Å². The molecule has 4 aromatic rings. The number of hydrogen-bond acceptors (Lipinski definition) is 4. The van der Waals surface area contributed by atoms with Gasteiger partial charge in [0.05, 0.1) is 26.5 Å². The lowest BCUT2D eigenvalue weighted by Gasteiger charge is -2.11. The number of nitrogens with zero attached hydrogens (tertiary/aromatic N) is 2. The maximum atomic E-state index is 12.9. The molecule has 2 N–H and O–H groups in total. The fourth-order valence-electron chi connectivity index (χ4n) is 3.36. The highest BCUT2D eigenvalue weighted by Gasteiger charge is 2.17. The Morgan fingerprint density at radius 3 is 2.25 bits per heavy atom. The molecule has 1 heterocycles. The zero-order chi connectivity index (χ0) is 23.0. The Morgan fingerprint density at radius 2 is 1.53 bits per heavy atom. The molecule has 164 valence electrons. The third kappa shape index (κ3) is 4.00. The second kappa shape index (κ2) is 8.18. The van der Waals surface area contributed by atoms with E-state index >= 15 is 0 Å². The number of imidazole rings is 1. The topological polar surface area (TPSA) is 102 Å². The number of fused-ring (bicyclic) bond motifs is 1. The molecule has 0 spiro atoms. The Hall–Kier alpha value is -3.56. The Labute approximate surface area is 189 Å². The highest BCUT2D eigenvalue weighted by Crippen LogP contribution is 2.25. The van der Waals surface area contributed by atoms with Gasteiger partial charge in [-0.25, -0.2) is 13.2 Å². The van der Waals surface area contributed by atoms with Crippen LogP contribution in [0.2, 0.25) is 5.02 Å². The van der Waals surface area contributed by atoms with Crippen molar-refractivity contribution in [3.8, 4) is 0 Å². The number of sulfonamides is 1. The van der Waals surface area contributed by atoms with E-state index in [9.17, 15) is 18.0 Å². The number of nitrogens with one attached hydrogen (secondary N) is 2. The highest BCUT2D eigenvalue weighted by atomic mass is 35.5. The molecule has 0 radical (unpaired) electrons. The lowest BCUT2D eigenvalue weighted by Crippen LogP contribution is -2.19. The minimum atomic E-state index is -3.82. The summed E-state index contributed by atoms with van der Waals surface area (Å²) in [6.45, 7) is 0. The van der Waals surface area contributed by atoms with Crippen molar-refractivity contribution in [1.82, 2.24) is 9.13 Å². The van der Waals surface area contributed by atoms with E-state index in [0.717, 1.165) is 5.52 Å². The molecule has 8 nitrogen and oxygen atoms in total. The molecule has 0 atom stereocenters. The van der Waals surface area contributed by atoms with Crippen LogP contribution in [0.15, 0.2) is 76.4 Å². The van der Waals surface area contributed by atoms with Crippen LogP contribution < -0.4 is 15.7 Å². The lowest BCUT2D eigenvalue weighted by atomic mass is 10.2. The summed E-state index contributed by atoms with van der Waals surface area (Å²) in [5, 5.41) is 2.91. The molecule has 1 aromatic heterocycles. The van der Waals surface area contributed by atoms with E-state index < -0.39 is 15.9 Å². The van der Waals surface area contributed by atoms with E-state index in [0.29, 0.717) is 11.2 Å². The average Bonchev–Trinajstić information content (AvgIpc) is 2.99. The van der Waals surface area contributed by atoms with Crippen molar-refractivity contribution in [2.24, 2.45) is 14.1 Å². The first-order valence-corrected chi connectivity index (χ1v) is 11.4. The number of anilines is 2. The summed E-state index contributed by atoms with van der Waals surface area (Å²) in [4.78, 5) is 25.1. The van der Waals surface area contributed by atoms with Gasteiger partial charge in [0.15, 0.2) is 0 Å². The Kier molecular flexibility index (Phi) is 5.53. The van der Waals surface area contributed by atoms with Crippen molar-refractivity contribution in [3.05, 3.63) is 87.8 Å². The highest BCUT2D eigenvalue weighted by molar-refractivity contribution is 7.92. The molecule has 10 heteroatoms. The summed E-state index contributed by atoms with van der Waals surface area (Å²) >= 11 is 6.20. The summed E-state index contributed by atoms with van der Waals surface area (Å²) in [5.74, 6) is -0.518. The van der Waals surface area contributed by atoms with Crippen LogP contribution in [0.4, 0.5) is 11.4 Å². The maximum absolute atomic E-state index is 12.9. The molecule has 32 heavy (non-hydrogen) atoms. The van der Waals surface area contributed by atoms with E-state index in [1.807, 2.05) is 0 Å². The molecule has 0 bridgehead atoms. The van der Waals surface area contributed by atoms with Crippen molar-refractivity contribution < 1.29 is 13.2 Å². The molecule has 0 aliphatic heterocycles. The number of aromatic nitrogens is 2. The van der Waals surface area contributed by atoms with Crippen LogP contribution in [-0.4, -0.2) is 23.5 Å². The van der Waals surface area contributed by atoms with E-state index in [1.165, 1.54) is 39.5 Å². The van der Waals surface area contributed by atoms with Crippen molar-refractivity contribution in [2.75, 3.05) is 10.0 Å². The molecule has 4 rings (SSSR count). The van der Waals surface area contributed by atoms with E-state index in [4.69, 9.17) is 11.6 Å². The fraction of sp³-hybridized carbons (Fsp3) is 0.0909. The van der Waals surface area contributed by atoms with E-state index in [-0.39, 0.29) is 26.9 Å². The predicted molar refractivity (Wildman–Crippen MR) is 125 cm³/mol. The molecule has 0 fully saturated rings. The predicted octanol–water partition coefficient (Wildman–Crippen LogP) is 3.58. The zero-order valence-electron chi connectivity index (χ0n) is 17.2. The lowest BCUT2D eigenvalue weighted by molar-refractivity contribution is 0.102. The molecule has 0 aliphatic carbocycles. The standard InChI is InChI=1S/C22H19ClN4O4S/c1-26-19-11-9-14(13-20(19)27(2)22(26)29)24-21(28)17-12-15(8-10-18(17)23)25-32(30,31)16-6-4-3-5-7-16/h3-13,25H,1-2H3,(H,24,28). The number of carbonyl (C=O) groups is 1. The first kappa shape index (κ1) is 21.7. The third-order valence-corrected chi connectivity index (χ3v) is 6.77. The zero-order valence-corrected chi connectivity index (χ0v) is 18.7. The van der Waals surface area contributed by atoms with Crippen LogP contribution in [-0.2, 0) is 24.1 Å². The van der Waals surface area contributed by atoms with Crippen molar-refractivity contribution in [2.45, 2.75) is 4.90 Å². The number of hydrogen-bond donors (Lipinski definition) is 2. The molecule has 3 aromatic carbocycles. The van der Waals surface area contributed by atoms with Gasteiger partial charge in [-0.2, -0.15) is 0 Å². The number of rotatable bonds is 5. The van der Waals surface area contributed by atoms with Gasteiger partial charge in [0.1, 0.15) is 0 Å². The van der Waals surface area contributed by atoms with Crippen molar-refractivity contribution >= 4 is 49.9 Å². The number of amides is 1. The molecule has 1 amide bonds. The van der Waals surface area contributed by atoms with Gasteiger partial charge in [-0.05, 0) is 48.5 Å². The second-order valence-corrected chi connectivity index (χ2v) is 9.26. The SMILES string of the molecule is Cn1c(=O)n(C)c2cc(NC(=O)c3cc(NS(=O)(=O)c4ccccc4)ccc3Cl)ccc21. The Bertz CT molecular complexity index is 1510. The van der Waals surface area contributed by atoms with E-state index in [1.54, 1.807) is 50.5 Å². The minimum Gasteiger partial charge on any atom is -0.322 e. The molecule has 0 saturated heterocycles. The van der Waals surface area contributed by atoms with Crippen LogP contribution >= 0.6 is 11.6 Å². The third-order valence-electron chi connectivity index (χ3n) is 5.05. The Morgan fingerprint density at radius 1 is 0.875 bits per heavy atom. The first-order valence-electron chi connectivity index (χ1n) is 9.51. The largest absolute Gasteiger partial charge is 0.328 e. The number of benzene rings is 3. The number of aryl methyl sites for hydroxylation is 2. The number of carbonyl (C=O) groups excluding carboxylic acids is 1. The van der Waals surface area contributed by atoms with Crippen LogP contribution in [0.5, 0.6) is 0 Å². The van der Waals surface area contributed by atoms with Crippen LogP contribution in [0.3, 0.4) is 0 Å². The van der Waals surface area contributed by atoms with Gasteiger partial charge in [-0.15, -0.1) is 0 Å². The van der Waals surface area contributed by atoms with Crippen LogP contribution in [0.25, 0.3) is 11.0 Å². The summed E-state index contributed by atoms with van der Waals surface area (Å²) in [6, 6.07) is 17.3. The first-order chi connectivity index (χ1) is 15.2. The summed E-state index contributed by atoms with van der Waals surface area (Å²) in [7, 11) is -0.498. The monoisotopic (exact) mass is 470 g/mol. The summed E-state index contributed by atoms with van der Waals surface area (Å²) in [5.41, 5.74) is 1.97. The molecule has 0 unspecified atom stereocenters. The molecule has 0 saturated carbocycles. The fourth-order valence-corrected chi connectivity index (χ4v) is 4.63. The van der Waals surface area contributed by atoms with Crippen LogP contribution in [0.1, 0.15) is 10.4 Å². The van der Waals surface area contributed by atoms with Gasteiger partial charge in [0, 0.05) is 25.5 Å². The maximum Gasteiger partial charge on any atom is 0.328 e. The molecular formula is C22H19ClN4O4S. The van der Waals surface area contributed by atoms with Crippen molar-refractivity contribution in [1.29, 1.82) is 0 Å². The minimum absolute atomic E-state index is 0.0991. The van der Waals surface area contributed by atoms with Gasteiger partial charge >= 0.3 is 5.69 Å². The van der Waals surface area contributed by atoms with Gasteiger partial charge in [0.25, 0.3) is 15.9 Å². The summed E-state index contributed by atoms with van der Waals surface area (Å²) < 4.78 is 30.6. The Balaban J connectivity index is 1.61. The van der Waals surface area contributed by atoms with E-state index in [2.05, 4.69) is 10.0 Å². The van der Waals surface area contributed by atoms with Gasteiger partial charge < -0.3 is 5.32 Å². The normalized spacial score (nSPS) is 11.5. The molecule has 0 aliphatic rings. The smallest absolute Gasteiger partial charge is 0.322 e. The number of halogens is 1. The second-order valence-electron chi connectivity index (χ2n) is 7.17. The quantitative estimate of drug-likeness (QED) is 0.465. The average molecular weight is 471 g/mol.